The highest BCUT2D eigenvalue weighted by atomic mass is 16.4. The molecule has 2 unspecified atom stereocenters. The van der Waals surface area contributed by atoms with Crippen molar-refractivity contribution in [3.8, 4) is 0 Å². The van der Waals surface area contributed by atoms with E-state index in [1.54, 1.807) is 11.8 Å². The molecule has 2 aliphatic rings. The monoisotopic (exact) mass is 267 g/mol. The topological polar surface area (TPSA) is 57.6 Å². The van der Waals surface area contributed by atoms with Crippen LogP contribution in [0.5, 0.6) is 0 Å². The van der Waals surface area contributed by atoms with Gasteiger partial charge in [-0.1, -0.05) is 26.7 Å². The molecular weight excluding hydrogens is 242 g/mol. The molecule has 1 amide bonds. The summed E-state index contributed by atoms with van der Waals surface area (Å²) in [7, 11) is 0. The summed E-state index contributed by atoms with van der Waals surface area (Å²) in [5.74, 6) is -0.822. The third-order valence-electron chi connectivity index (χ3n) is 5.17. The van der Waals surface area contributed by atoms with Crippen molar-refractivity contribution in [3.05, 3.63) is 0 Å². The standard InChI is InChI=1S/C15H25NO3/c1-14(2)8-5-4-7-11(14)12(17)16-10-6-9-15(16,3)13(18)19/h11H,4-10H2,1-3H3,(H,18,19). The van der Waals surface area contributed by atoms with E-state index in [-0.39, 0.29) is 17.2 Å². The molecule has 1 saturated heterocycles. The quantitative estimate of drug-likeness (QED) is 0.836. The van der Waals surface area contributed by atoms with Crippen molar-refractivity contribution in [1.82, 2.24) is 4.90 Å². The lowest BCUT2D eigenvalue weighted by Gasteiger charge is -2.42. The second kappa shape index (κ2) is 4.80. The molecule has 0 spiro atoms. The molecule has 1 N–H and O–H groups in total. The number of likely N-dealkylation sites (tertiary alicyclic amines) is 1. The van der Waals surface area contributed by atoms with Gasteiger partial charge in [0.15, 0.2) is 0 Å². The summed E-state index contributed by atoms with van der Waals surface area (Å²) in [4.78, 5) is 25.9. The van der Waals surface area contributed by atoms with Crippen LogP contribution in [0.25, 0.3) is 0 Å². The maximum Gasteiger partial charge on any atom is 0.329 e. The first-order valence-electron chi connectivity index (χ1n) is 7.34. The molecule has 2 rings (SSSR count). The molecule has 19 heavy (non-hydrogen) atoms. The molecule has 4 nitrogen and oxygen atoms in total. The van der Waals surface area contributed by atoms with Crippen LogP contribution in [0.15, 0.2) is 0 Å². The van der Waals surface area contributed by atoms with E-state index in [0.29, 0.717) is 13.0 Å². The Hall–Kier alpha value is -1.06. The van der Waals surface area contributed by atoms with Crippen LogP contribution in [-0.4, -0.2) is 34.0 Å². The van der Waals surface area contributed by atoms with E-state index in [4.69, 9.17) is 0 Å². The fourth-order valence-electron chi connectivity index (χ4n) is 3.68. The molecular formula is C15H25NO3. The summed E-state index contributed by atoms with van der Waals surface area (Å²) in [5.41, 5.74) is -0.998. The van der Waals surface area contributed by atoms with Gasteiger partial charge in [0, 0.05) is 12.5 Å². The summed E-state index contributed by atoms with van der Waals surface area (Å²) in [6, 6.07) is 0. The average molecular weight is 267 g/mol. The molecule has 1 heterocycles. The molecule has 0 aromatic carbocycles. The molecule has 108 valence electrons. The third kappa shape index (κ3) is 2.37. The maximum atomic E-state index is 12.8. The van der Waals surface area contributed by atoms with E-state index < -0.39 is 11.5 Å². The van der Waals surface area contributed by atoms with Gasteiger partial charge in [0.2, 0.25) is 5.91 Å². The van der Waals surface area contributed by atoms with Gasteiger partial charge < -0.3 is 10.0 Å². The zero-order valence-corrected chi connectivity index (χ0v) is 12.2. The van der Waals surface area contributed by atoms with Crippen LogP contribution in [0.3, 0.4) is 0 Å². The molecule has 0 bridgehead atoms. The minimum Gasteiger partial charge on any atom is -0.480 e. The normalized spacial score (nSPS) is 34.3. The van der Waals surface area contributed by atoms with Gasteiger partial charge in [0.1, 0.15) is 5.54 Å². The minimum atomic E-state index is -0.995. The molecule has 0 radical (unpaired) electrons. The maximum absolute atomic E-state index is 12.8. The Morgan fingerprint density at radius 1 is 1.11 bits per heavy atom. The summed E-state index contributed by atoms with van der Waals surface area (Å²) >= 11 is 0. The number of carbonyl (C=O) groups excluding carboxylic acids is 1. The van der Waals surface area contributed by atoms with Crippen LogP contribution in [0.2, 0.25) is 0 Å². The summed E-state index contributed by atoms with van der Waals surface area (Å²) in [5, 5.41) is 9.43. The lowest BCUT2D eigenvalue weighted by atomic mass is 9.68. The van der Waals surface area contributed by atoms with Gasteiger partial charge in [-0.15, -0.1) is 0 Å². The highest BCUT2D eigenvalue weighted by Crippen LogP contribution is 2.43. The van der Waals surface area contributed by atoms with Crippen molar-refractivity contribution < 1.29 is 14.7 Å². The smallest absolute Gasteiger partial charge is 0.329 e. The van der Waals surface area contributed by atoms with E-state index in [1.165, 1.54) is 6.42 Å². The number of carboxylic acids is 1. The first-order chi connectivity index (χ1) is 8.79. The van der Waals surface area contributed by atoms with Crippen LogP contribution in [0.1, 0.15) is 59.3 Å². The zero-order valence-electron chi connectivity index (χ0n) is 12.2. The van der Waals surface area contributed by atoms with Gasteiger partial charge in [-0.2, -0.15) is 0 Å². The molecule has 4 heteroatoms. The van der Waals surface area contributed by atoms with Gasteiger partial charge in [-0.05, 0) is 38.0 Å². The van der Waals surface area contributed by atoms with Gasteiger partial charge >= 0.3 is 5.97 Å². The Kier molecular flexibility index (Phi) is 3.63. The lowest BCUT2D eigenvalue weighted by molar-refractivity contribution is -0.159. The van der Waals surface area contributed by atoms with Gasteiger partial charge in [-0.25, -0.2) is 4.79 Å². The van der Waals surface area contributed by atoms with E-state index in [1.807, 2.05) is 0 Å². The Bertz CT molecular complexity index is 391. The molecule has 2 fully saturated rings. The molecule has 0 aromatic rings. The summed E-state index contributed by atoms with van der Waals surface area (Å²) in [6.07, 6.45) is 5.58. The van der Waals surface area contributed by atoms with Crippen LogP contribution in [0, 0.1) is 11.3 Å². The SMILES string of the molecule is CC1(C)CCCCC1C(=O)N1CCCC1(C)C(=O)O. The van der Waals surface area contributed by atoms with Crippen LogP contribution >= 0.6 is 0 Å². The van der Waals surface area contributed by atoms with E-state index in [0.717, 1.165) is 25.7 Å². The number of hydrogen-bond acceptors (Lipinski definition) is 2. The Morgan fingerprint density at radius 2 is 1.79 bits per heavy atom. The summed E-state index contributed by atoms with van der Waals surface area (Å²) < 4.78 is 0. The predicted octanol–water partition coefficient (Wildman–Crippen LogP) is 2.67. The number of carbonyl (C=O) groups is 2. The van der Waals surface area contributed by atoms with E-state index in [9.17, 15) is 14.7 Å². The number of hydrogen-bond donors (Lipinski definition) is 1. The van der Waals surface area contributed by atoms with Gasteiger partial charge in [0.05, 0.1) is 0 Å². The first kappa shape index (κ1) is 14.4. The molecule has 0 aromatic heterocycles. The van der Waals surface area contributed by atoms with Crippen molar-refractivity contribution in [1.29, 1.82) is 0 Å². The highest BCUT2D eigenvalue weighted by molar-refractivity contribution is 5.88. The van der Waals surface area contributed by atoms with Crippen LogP contribution < -0.4 is 0 Å². The van der Waals surface area contributed by atoms with Crippen molar-refractivity contribution in [2.24, 2.45) is 11.3 Å². The second-order valence-corrected chi connectivity index (χ2v) is 6.96. The molecule has 1 aliphatic carbocycles. The third-order valence-corrected chi connectivity index (χ3v) is 5.17. The van der Waals surface area contributed by atoms with E-state index in [2.05, 4.69) is 13.8 Å². The van der Waals surface area contributed by atoms with Crippen molar-refractivity contribution >= 4 is 11.9 Å². The number of carboxylic acid groups (broad SMARTS) is 1. The lowest BCUT2D eigenvalue weighted by Crippen LogP contribution is -2.54. The van der Waals surface area contributed by atoms with E-state index >= 15 is 0 Å². The fourth-order valence-corrected chi connectivity index (χ4v) is 3.68. The van der Waals surface area contributed by atoms with Gasteiger partial charge in [-0.3, -0.25) is 4.79 Å². The highest BCUT2D eigenvalue weighted by Gasteiger charge is 2.49. The fraction of sp³-hybridized carbons (Fsp3) is 0.867. The van der Waals surface area contributed by atoms with Crippen molar-refractivity contribution in [2.45, 2.75) is 64.8 Å². The van der Waals surface area contributed by atoms with Crippen molar-refractivity contribution in [3.63, 3.8) is 0 Å². The molecule has 1 saturated carbocycles. The number of nitrogens with zero attached hydrogens (tertiary/aromatic N) is 1. The molecule has 2 atom stereocenters. The number of aliphatic carboxylic acids is 1. The second-order valence-electron chi connectivity index (χ2n) is 6.96. The first-order valence-corrected chi connectivity index (χ1v) is 7.34. The number of rotatable bonds is 2. The zero-order chi connectivity index (χ0) is 14.3. The Morgan fingerprint density at radius 3 is 2.37 bits per heavy atom. The minimum absolute atomic E-state index is 0.00264. The average Bonchev–Trinajstić information content (AvgIpc) is 2.71. The Balaban J connectivity index is 2.21. The van der Waals surface area contributed by atoms with Crippen molar-refractivity contribution in [2.75, 3.05) is 6.54 Å². The predicted molar refractivity (Wildman–Crippen MR) is 72.7 cm³/mol. The summed E-state index contributed by atoms with van der Waals surface area (Å²) in [6.45, 7) is 6.57. The van der Waals surface area contributed by atoms with Crippen LogP contribution in [-0.2, 0) is 9.59 Å². The largest absolute Gasteiger partial charge is 0.480 e. The molecule has 1 aliphatic heterocycles. The Labute approximate surface area is 115 Å². The number of amides is 1. The van der Waals surface area contributed by atoms with Crippen LogP contribution in [0.4, 0.5) is 0 Å². The van der Waals surface area contributed by atoms with Gasteiger partial charge in [0.25, 0.3) is 0 Å².